The Labute approximate surface area is 115 Å². The van der Waals surface area contributed by atoms with E-state index in [1.54, 1.807) is 12.3 Å². The van der Waals surface area contributed by atoms with E-state index in [4.69, 9.17) is 0 Å². The van der Waals surface area contributed by atoms with Crippen molar-refractivity contribution in [2.45, 2.75) is 52.5 Å². The van der Waals surface area contributed by atoms with Crippen LogP contribution in [0, 0.1) is 0 Å². The van der Waals surface area contributed by atoms with Crippen molar-refractivity contribution >= 4 is 11.9 Å². The number of carbonyl (C=O) groups excluding carboxylic acids is 1. The molecule has 0 unspecified atom stereocenters. The zero-order valence-electron chi connectivity index (χ0n) is 12.3. The molecule has 0 atom stereocenters. The molecule has 2 N–H and O–H groups in total. The van der Waals surface area contributed by atoms with Gasteiger partial charge in [-0.1, -0.05) is 19.8 Å². The van der Waals surface area contributed by atoms with E-state index < -0.39 is 0 Å². The maximum Gasteiger partial charge on any atom is 0.270 e. The van der Waals surface area contributed by atoms with Gasteiger partial charge in [-0.25, -0.2) is 9.97 Å². The van der Waals surface area contributed by atoms with Crippen molar-refractivity contribution in [3.05, 3.63) is 18.0 Å². The van der Waals surface area contributed by atoms with Crippen LogP contribution in [-0.4, -0.2) is 28.0 Å². The number of nitrogens with one attached hydrogen (secondary N) is 2. The van der Waals surface area contributed by atoms with Gasteiger partial charge in [0.15, 0.2) is 0 Å². The van der Waals surface area contributed by atoms with E-state index >= 15 is 0 Å². The molecule has 0 bridgehead atoms. The fourth-order valence-electron chi connectivity index (χ4n) is 1.55. The average molecular weight is 264 g/mol. The molecule has 1 heterocycles. The predicted molar refractivity (Wildman–Crippen MR) is 77.3 cm³/mol. The SMILES string of the molecule is CCCCCNc1nccc(C(=O)NC(C)(C)C)n1. The molecule has 5 heteroatoms. The normalized spacial score (nSPS) is 11.2. The van der Waals surface area contributed by atoms with E-state index in [2.05, 4.69) is 27.5 Å². The number of hydrogen-bond donors (Lipinski definition) is 2. The third-order valence-corrected chi connectivity index (χ3v) is 2.44. The summed E-state index contributed by atoms with van der Waals surface area (Å²) in [6, 6.07) is 1.62. The monoisotopic (exact) mass is 264 g/mol. The summed E-state index contributed by atoms with van der Waals surface area (Å²) in [5.41, 5.74) is 0.124. The molecule has 0 aliphatic rings. The first-order valence-corrected chi connectivity index (χ1v) is 6.82. The molecule has 0 aliphatic carbocycles. The lowest BCUT2D eigenvalue weighted by Crippen LogP contribution is -2.41. The highest BCUT2D eigenvalue weighted by Crippen LogP contribution is 2.05. The summed E-state index contributed by atoms with van der Waals surface area (Å²) in [7, 11) is 0. The van der Waals surface area contributed by atoms with Crippen molar-refractivity contribution in [3.8, 4) is 0 Å². The second kappa shape index (κ2) is 7.07. The van der Waals surface area contributed by atoms with E-state index in [0.717, 1.165) is 13.0 Å². The Balaban J connectivity index is 2.58. The molecule has 5 nitrogen and oxygen atoms in total. The molecule has 0 saturated carbocycles. The molecular weight excluding hydrogens is 240 g/mol. The van der Waals surface area contributed by atoms with Gasteiger partial charge in [0.2, 0.25) is 5.95 Å². The zero-order chi connectivity index (χ0) is 14.3. The van der Waals surface area contributed by atoms with Gasteiger partial charge in [0.1, 0.15) is 5.69 Å². The maximum atomic E-state index is 12.0. The smallest absolute Gasteiger partial charge is 0.270 e. The minimum Gasteiger partial charge on any atom is -0.354 e. The fourth-order valence-corrected chi connectivity index (χ4v) is 1.55. The van der Waals surface area contributed by atoms with Crippen molar-refractivity contribution in [3.63, 3.8) is 0 Å². The standard InChI is InChI=1S/C14H24N4O/c1-5-6-7-9-15-13-16-10-8-11(17-13)12(19)18-14(2,3)4/h8,10H,5-7,9H2,1-4H3,(H,18,19)(H,15,16,17). The van der Waals surface area contributed by atoms with Crippen molar-refractivity contribution < 1.29 is 4.79 Å². The van der Waals surface area contributed by atoms with Gasteiger partial charge in [-0.2, -0.15) is 0 Å². The maximum absolute atomic E-state index is 12.0. The van der Waals surface area contributed by atoms with E-state index in [9.17, 15) is 4.79 Å². The first-order valence-electron chi connectivity index (χ1n) is 6.82. The summed E-state index contributed by atoms with van der Waals surface area (Å²) < 4.78 is 0. The molecule has 0 radical (unpaired) electrons. The van der Waals surface area contributed by atoms with E-state index in [0.29, 0.717) is 11.6 Å². The van der Waals surface area contributed by atoms with Gasteiger partial charge in [0.05, 0.1) is 0 Å². The first kappa shape index (κ1) is 15.4. The molecule has 106 valence electrons. The number of carbonyl (C=O) groups is 1. The lowest BCUT2D eigenvalue weighted by atomic mass is 10.1. The van der Waals surface area contributed by atoms with Gasteiger partial charge in [-0.05, 0) is 33.3 Å². The second-order valence-electron chi connectivity index (χ2n) is 5.60. The van der Waals surface area contributed by atoms with E-state index in [-0.39, 0.29) is 11.4 Å². The second-order valence-corrected chi connectivity index (χ2v) is 5.60. The fraction of sp³-hybridized carbons (Fsp3) is 0.643. The molecule has 0 fully saturated rings. The van der Waals surface area contributed by atoms with Crippen LogP contribution in [-0.2, 0) is 0 Å². The van der Waals surface area contributed by atoms with Gasteiger partial charge in [0, 0.05) is 18.3 Å². The van der Waals surface area contributed by atoms with Crippen LogP contribution in [0.4, 0.5) is 5.95 Å². The largest absolute Gasteiger partial charge is 0.354 e. The van der Waals surface area contributed by atoms with Crippen molar-refractivity contribution in [1.29, 1.82) is 0 Å². The Hall–Kier alpha value is -1.65. The van der Waals surface area contributed by atoms with Crippen LogP contribution in [0.5, 0.6) is 0 Å². The van der Waals surface area contributed by atoms with Crippen LogP contribution in [0.1, 0.15) is 57.4 Å². The van der Waals surface area contributed by atoms with Gasteiger partial charge < -0.3 is 10.6 Å². The Morgan fingerprint density at radius 1 is 1.32 bits per heavy atom. The molecule has 1 aromatic heterocycles. The van der Waals surface area contributed by atoms with Gasteiger partial charge >= 0.3 is 0 Å². The highest BCUT2D eigenvalue weighted by atomic mass is 16.2. The lowest BCUT2D eigenvalue weighted by Gasteiger charge is -2.20. The van der Waals surface area contributed by atoms with Gasteiger partial charge in [0.25, 0.3) is 5.91 Å². The zero-order valence-corrected chi connectivity index (χ0v) is 12.3. The molecule has 0 aromatic carbocycles. The van der Waals surface area contributed by atoms with Crippen LogP contribution in [0.3, 0.4) is 0 Å². The Morgan fingerprint density at radius 3 is 2.68 bits per heavy atom. The van der Waals surface area contributed by atoms with Crippen molar-refractivity contribution in [2.24, 2.45) is 0 Å². The molecule has 0 aliphatic heterocycles. The van der Waals surface area contributed by atoms with Crippen LogP contribution < -0.4 is 10.6 Å². The number of anilines is 1. The van der Waals surface area contributed by atoms with Crippen LogP contribution in [0.2, 0.25) is 0 Å². The van der Waals surface area contributed by atoms with Crippen LogP contribution in [0.15, 0.2) is 12.3 Å². The number of aromatic nitrogens is 2. The molecule has 1 rings (SSSR count). The summed E-state index contributed by atoms with van der Waals surface area (Å²) in [5, 5.41) is 6.02. The summed E-state index contributed by atoms with van der Waals surface area (Å²) in [5.74, 6) is 0.337. The molecule has 1 amide bonds. The lowest BCUT2D eigenvalue weighted by molar-refractivity contribution is 0.0914. The number of rotatable bonds is 6. The van der Waals surface area contributed by atoms with Crippen LogP contribution >= 0.6 is 0 Å². The third kappa shape index (κ3) is 6.18. The Morgan fingerprint density at radius 2 is 2.05 bits per heavy atom. The molecule has 0 spiro atoms. The summed E-state index contributed by atoms with van der Waals surface area (Å²) >= 11 is 0. The molecule has 1 aromatic rings. The van der Waals surface area contributed by atoms with E-state index in [1.165, 1.54) is 12.8 Å². The minimum absolute atomic E-state index is 0.175. The average Bonchev–Trinajstić information content (AvgIpc) is 2.33. The molecule has 19 heavy (non-hydrogen) atoms. The number of unbranched alkanes of at least 4 members (excludes halogenated alkanes) is 2. The highest BCUT2D eigenvalue weighted by Gasteiger charge is 2.16. The van der Waals surface area contributed by atoms with E-state index in [1.807, 2.05) is 20.8 Å². The Bertz CT molecular complexity index is 412. The van der Waals surface area contributed by atoms with Crippen LogP contribution in [0.25, 0.3) is 0 Å². The topological polar surface area (TPSA) is 66.9 Å². The number of nitrogens with zero attached hydrogens (tertiary/aromatic N) is 2. The summed E-state index contributed by atoms with van der Waals surface area (Å²) in [6.07, 6.45) is 5.04. The Kier molecular flexibility index (Phi) is 5.73. The van der Waals surface area contributed by atoms with Crippen molar-refractivity contribution in [2.75, 3.05) is 11.9 Å². The minimum atomic E-state index is -0.267. The number of amides is 1. The van der Waals surface area contributed by atoms with Gasteiger partial charge in [-0.15, -0.1) is 0 Å². The summed E-state index contributed by atoms with van der Waals surface area (Å²) in [4.78, 5) is 20.3. The summed E-state index contributed by atoms with van der Waals surface area (Å²) in [6.45, 7) is 8.81. The van der Waals surface area contributed by atoms with Gasteiger partial charge in [-0.3, -0.25) is 4.79 Å². The first-order chi connectivity index (χ1) is 8.92. The number of hydrogen-bond acceptors (Lipinski definition) is 4. The highest BCUT2D eigenvalue weighted by molar-refractivity contribution is 5.92. The predicted octanol–water partition coefficient (Wildman–Crippen LogP) is 2.61. The van der Waals surface area contributed by atoms with Crippen molar-refractivity contribution in [1.82, 2.24) is 15.3 Å². The quantitative estimate of drug-likeness (QED) is 0.775. The third-order valence-electron chi connectivity index (χ3n) is 2.44. The molecular formula is C14H24N4O. The molecule has 0 saturated heterocycles.